The zero-order valence-electron chi connectivity index (χ0n) is 17.4. The summed E-state index contributed by atoms with van der Waals surface area (Å²) >= 11 is 6.20. The third-order valence-electron chi connectivity index (χ3n) is 4.83. The summed E-state index contributed by atoms with van der Waals surface area (Å²) in [7, 11) is -3.09. The van der Waals surface area contributed by atoms with E-state index in [1.54, 1.807) is 4.31 Å². The van der Waals surface area contributed by atoms with Crippen LogP contribution in [0.3, 0.4) is 0 Å². The van der Waals surface area contributed by atoms with E-state index in [1.807, 2.05) is 32.0 Å². The Morgan fingerprint density at radius 3 is 2.55 bits per heavy atom. The zero-order chi connectivity index (χ0) is 20.4. The second kappa shape index (κ2) is 13.7. The van der Waals surface area contributed by atoms with Gasteiger partial charge in [0.05, 0.1) is 5.75 Å². The van der Waals surface area contributed by atoms with Crippen molar-refractivity contribution >= 4 is 51.6 Å². The minimum Gasteiger partial charge on any atom is -0.357 e. The lowest BCUT2D eigenvalue weighted by Gasteiger charge is -2.32. The van der Waals surface area contributed by atoms with Gasteiger partial charge in [0, 0.05) is 37.2 Å². The molecule has 0 bridgehead atoms. The molecule has 9 heteroatoms. The van der Waals surface area contributed by atoms with Crippen molar-refractivity contribution in [1.29, 1.82) is 0 Å². The molecule has 0 unspecified atom stereocenters. The first-order valence-corrected chi connectivity index (χ1v) is 12.2. The lowest BCUT2D eigenvalue weighted by atomic mass is 10.1. The Bertz CT molecular complexity index is 738. The Balaban J connectivity index is 0.00000420. The van der Waals surface area contributed by atoms with Gasteiger partial charge in [0.1, 0.15) is 0 Å². The molecule has 2 N–H and O–H groups in total. The van der Waals surface area contributed by atoms with Crippen molar-refractivity contribution in [3.05, 3.63) is 34.9 Å². The molecule has 2 rings (SSSR count). The van der Waals surface area contributed by atoms with Crippen molar-refractivity contribution in [3.63, 3.8) is 0 Å². The van der Waals surface area contributed by atoms with Gasteiger partial charge in [-0.2, -0.15) is 0 Å². The van der Waals surface area contributed by atoms with E-state index in [2.05, 4.69) is 21.7 Å². The van der Waals surface area contributed by atoms with Crippen LogP contribution in [0.25, 0.3) is 0 Å². The Kier molecular flexibility index (Phi) is 12.5. The first kappa shape index (κ1) is 26.5. The quantitative estimate of drug-likeness (QED) is 0.211. The summed E-state index contributed by atoms with van der Waals surface area (Å²) in [6.45, 7) is 6.60. The van der Waals surface area contributed by atoms with Crippen LogP contribution in [0, 0.1) is 0 Å². The maximum atomic E-state index is 12.2. The molecule has 0 amide bonds. The van der Waals surface area contributed by atoms with Crippen LogP contribution in [0.2, 0.25) is 5.02 Å². The van der Waals surface area contributed by atoms with Gasteiger partial charge in [0.25, 0.3) is 0 Å². The highest BCUT2D eigenvalue weighted by Gasteiger charge is 2.27. The normalized spacial score (nSPS) is 16.3. The second-order valence-corrected chi connectivity index (χ2v) is 9.58. The van der Waals surface area contributed by atoms with E-state index in [0.717, 1.165) is 48.8 Å². The SMILES string of the molecule is CCCS(=O)(=O)N1CCC(NC(=NCCCc2ccccc2Cl)NCC)CC1.I. The van der Waals surface area contributed by atoms with E-state index in [9.17, 15) is 8.42 Å². The summed E-state index contributed by atoms with van der Waals surface area (Å²) in [6.07, 6.45) is 4.08. The maximum Gasteiger partial charge on any atom is 0.214 e. The average Bonchev–Trinajstić information content (AvgIpc) is 2.67. The van der Waals surface area contributed by atoms with Crippen LogP contribution in [-0.2, 0) is 16.4 Å². The van der Waals surface area contributed by atoms with Crippen LogP contribution in [0.15, 0.2) is 29.3 Å². The molecule has 0 radical (unpaired) electrons. The smallest absolute Gasteiger partial charge is 0.214 e. The Morgan fingerprint density at radius 2 is 1.93 bits per heavy atom. The second-order valence-electron chi connectivity index (χ2n) is 7.09. The number of hydrogen-bond acceptors (Lipinski definition) is 3. The molecule has 0 aromatic heterocycles. The number of aryl methyl sites for hydroxylation is 1. The van der Waals surface area contributed by atoms with Crippen LogP contribution in [0.1, 0.15) is 45.1 Å². The molecule has 6 nitrogen and oxygen atoms in total. The van der Waals surface area contributed by atoms with Gasteiger partial charge < -0.3 is 10.6 Å². The number of rotatable bonds is 9. The van der Waals surface area contributed by atoms with E-state index >= 15 is 0 Å². The first-order chi connectivity index (χ1) is 13.5. The number of nitrogens with one attached hydrogen (secondary N) is 2. The Hall–Kier alpha value is -0.580. The summed E-state index contributed by atoms with van der Waals surface area (Å²) in [5.41, 5.74) is 1.15. The van der Waals surface area contributed by atoms with Crippen molar-refractivity contribution < 1.29 is 8.42 Å². The number of benzene rings is 1. The largest absolute Gasteiger partial charge is 0.357 e. The molecule has 1 fully saturated rings. The number of nitrogens with zero attached hydrogens (tertiary/aromatic N) is 2. The summed E-state index contributed by atoms with van der Waals surface area (Å²) in [5, 5.41) is 7.55. The molecule has 0 atom stereocenters. The molecule has 1 aromatic carbocycles. The lowest BCUT2D eigenvalue weighted by Crippen LogP contribution is -2.50. The predicted molar refractivity (Wildman–Crippen MR) is 133 cm³/mol. The first-order valence-electron chi connectivity index (χ1n) is 10.2. The topological polar surface area (TPSA) is 73.8 Å². The van der Waals surface area contributed by atoms with Gasteiger partial charge in [-0.15, -0.1) is 24.0 Å². The van der Waals surface area contributed by atoms with Crippen molar-refractivity contribution in [2.75, 3.05) is 31.9 Å². The summed E-state index contributed by atoms with van der Waals surface area (Å²) in [4.78, 5) is 4.67. The standard InChI is InChI=1S/C20H33ClN4O2S.HI/c1-3-16-28(26,27)25-14-11-18(12-15-25)24-20(22-4-2)23-13-7-9-17-8-5-6-10-19(17)21;/h5-6,8,10,18H,3-4,7,9,11-16H2,1-2H3,(H2,22,23,24);1H. The number of halogens is 2. The summed E-state index contributed by atoms with van der Waals surface area (Å²) in [6, 6.07) is 8.16. The number of sulfonamides is 1. The van der Waals surface area contributed by atoms with Crippen LogP contribution in [0.5, 0.6) is 0 Å². The molecular weight excluding hydrogens is 523 g/mol. The van der Waals surface area contributed by atoms with Crippen molar-refractivity contribution in [2.24, 2.45) is 4.99 Å². The molecule has 1 aliphatic heterocycles. The van der Waals surface area contributed by atoms with Crippen molar-refractivity contribution in [2.45, 2.75) is 52.0 Å². The van der Waals surface area contributed by atoms with E-state index in [0.29, 0.717) is 26.1 Å². The third kappa shape index (κ3) is 8.98. The van der Waals surface area contributed by atoms with Gasteiger partial charge in [-0.3, -0.25) is 4.99 Å². The summed E-state index contributed by atoms with van der Waals surface area (Å²) < 4.78 is 26.0. The molecular formula is C20H34ClIN4O2S. The highest BCUT2D eigenvalue weighted by Crippen LogP contribution is 2.17. The monoisotopic (exact) mass is 556 g/mol. The van der Waals surface area contributed by atoms with Crippen LogP contribution in [-0.4, -0.2) is 56.7 Å². The van der Waals surface area contributed by atoms with Crippen molar-refractivity contribution in [1.82, 2.24) is 14.9 Å². The summed E-state index contributed by atoms with van der Waals surface area (Å²) in [5.74, 6) is 1.04. The van der Waals surface area contributed by atoms with E-state index in [-0.39, 0.29) is 35.8 Å². The fourth-order valence-electron chi connectivity index (χ4n) is 3.34. The van der Waals surface area contributed by atoms with Gasteiger partial charge in [0.2, 0.25) is 10.0 Å². The van der Waals surface area contributed by atoms with Gasteiger partial charge in [-0.05, 0) is 50.7 Å². The minimum absolute atomic E-state index is 0. The van der Waals surface area contributed by atoms with E-state index in [1.165, 1.54) is 0 Å². The fourth-order valence-corrected chi connectivity index (χ4v) is 5.11. The van der Waals surface area contributed by atoms with E-state index < -0.39 is 10.0 Å². The lowest BCUT2D eigenvalue weighted by molar-refractivity contribution is 0.306. The molecule has 1 saturated heterocycles. The fraction of sp³-hybridized carbons (Fsp3) is 0.650. The Morgan fingerprint density at radius 1 is 1.24 bits per heavy atom. The number of piperidine rings is 1. The highest BCUT2D eigenvalue weighted by atomic mass is 127. The molecule has 0 saturated carbocycles. The molecule has 1 aliphatic rings. The number of aliphatic imine (C=N–C) groups is 1. The third-order valence-corrected chi connectivity index (χ3v) is 7.27. The van der Waals surface area contributed by atoms with Gasteiger partial charge >= 0.3 is 0 Å². The number of hydrogen-bond donors (Lipinski definition) is 2. The zero-order valence-corrected chi connectivity index (χ0v) is 21.3. The number of guanidine groups is 1. The van der Waals surface area contributed by atoms with Crippen LogP contribution < -0.4 is 10.6 Å². The van der Waals surface area contributed by atoms with Gasteiger partial charge in [-0.25, -0.2) is 12.7 Å². The molecule has 1 aromatic rings. The predicted octanol–water partition coefficient (Wildman–Crippen LogP) is 3.65. The van der Waals surface area contributed by atoms with Gasteiger partial charge in [0.15, 0.2) is 5.96 Å². The molecule has 0 spiro atoms. The minimum atomic E-state index is -3.09. The molecule has 166 valence electrons. The molecule has 29 heavy (non-hydrogen) atoms. The van der Waals surface area contributed by atoms with Gasteiger partial charge in [-0.1, -0.05) is 36.7 Å². The molecule has 0 aliphatic carbocycles. The average molecular weight is 557 g/mol. The van der Waals surface area contributed by atoms with Crippen molar-refractivity contribution in [3.8, 4) is 0 Å². The molecule has 1 heterocycles. The maximum absolute atomic E-state index is 12.2. The highest BCUT2D eigenvalue weighted by molar-refractivity contribution is 14.0. The van der Waals surface area contributed by atoms with Crippen LogP contribution in [0.4, 0.5) is 0 Å². The van der Waals surface area contributed by atoms with Crippen LogP contribution >= 0.6 is 35.6 Å². The van der Waals surface area contributed by atoms with E-state index in [4.69, 9.17) is 11.6 Å². The Labute approximate surface area is 197 Å².